The highest BCUT2D eigenvalue weighted by Crippen LogP contribution is 2.37. The van der Waals surface area contributed by atoms with E-state index in [4.69, 9.17) is 0 Å². The molecule has 1 unspecified atom stereocenters. The Bertz CT molecular complexity index is 998. The molecule has 0 bridgehead atoms. The van der Waals surface area contributed by atoms with Crippen LogP contribution in [0.2, 0.25) is 0 Å². The standard InChI is InChI=1S/C27H27F3/c1-2-3-4-5-18-14-25(29)27(26(30)15-18)23-9-8-21-16-20(6-7-22(21)17-23)19-10-12-24(28)13-11-19/h6-7,10-16,23H,2-5,8-9,17H2,1H3. The molecule has 3 heteroatoms. The Morgan fingerprint density at radius 1 is 0.800 bits per heavy atom. The number of unbranched alkanes of at least 4 members (excludes halogenated alkanes) is 2. The zero-order chi connectivity index (χ0) is 21.1. The fraction of sp³-hybridized carbons (Fsp3) is 0.333. The quantitative estimate of drug-likeness (QED) is 0.365. The molecular weight excluding hydrogens is 381 g/mol. The minimum Gasteiger partial charge on any atom is -0.207 e. The van der Waals surface area contributed by atoms with E-state index in [0.717, 1.165) is 60.8 Å². The lowest BCUT2D eigenvalue weighted by Crippen LogP contribution is -2.16. The molecule has 0 saturated carbocycles. The van der Waals surface area contributed by atoms with Gasteiger partial charge in [0, 0.05) is 5.56 Å². The number of fused-ring (bicyclic) bond motifs is 1. The highest BCUT2D eigenvalue weighted by atomic mass is 19.1. The van der Waals surface area contributed by atoms with Crippen molar-refractivity contribution in [2.75, 3.05) is 0 Å². The Kier molecular flexibility index (Phi) is 6.26. The molecule has 0 amide bonds. The summed E-state index contributed by atoms with van der Waals surface area (Å²) in [5, 5.41) is 0. The summed E-state index contributed by atoms with van der Waals surface area (Å²) < 4.78 is 42.8. The van der Waals surface area contributed by atoms with Gasteiger partial charge in [0.05, 0.1) is 0 Å². The van der Waals surface area contributed by atoms with Crippen molar-refractivity contribution in [1.82, 2.24) is 0 Å². The molecule has 0 N–H and O–H groups in total. The maximum atomic E-state index is 14.8. The zero-order valence-corrected chi connectivity index (χ0v) is 17.4. The first-order valence-corrected chi connectivity index (χ1v) is 10.9. The van der Waals surface area contributed by atoms with Crippen molar-refractivity contribution < 1.29 is 13.2 Å². The minimum absolute atomic E-state index is 0.140. The topological polar surface area (TPSA) is 0 Å². The molecule has 0 aliphatic heterocycles. The van der Waals surface area contributed by atoms with E-state index in [1.807, 2.05) is 6.07 Å². The summed E-state index contributed by atoms with van der Waals surface area (Å²) >= 11 is 0. The molecule has 0 aromatic heterocycles. The van der Waals surface area contributed by atoms with E-state index < -0.39 is 11.6 Å². The fourth-order valence-corrected chi connectivity index (χ4v) is 4.57. The van der Waals surface area contributed by atoms with Crippen LogP contribution >= 0.6 is 0 Å². The second-order valence-corrected chi connectivity index (χ2v) is 8.36. The van der Waals surface area contributed by atoms with Gasteiger partial charge < -0.3 is 0 Å². The predicted octanol–water partition coefficient (Wildman–Crippen LogP) is 7.78. The van der Waals surface area contributed by atoms with E-state index in [2.05, 4.69) is 19.1 Å². The molecule has 0 spiro atoms. The fourth-order valence-electron chi connectivity index (χ4n) is 4.57. The Morgan fingerprint density at radius 2 is 1.50 bits per heavy atom. The normalized spacial score (nSPS) is 15.8. The van der Waals surface area contributed by atoms with Gasteiger partial charge >= 0.3 is 0 Å². The molecule has 3 aromatic carbocycles. The minimum atomic E-state index is -0.405. The average molecular weight is 409 g/mol. The van der Waals surface area contributed by atoms with Gasteiger partial charge in [-0.3, -0.25) is 0 Å². The Morgan fingerprint density at radius 3 is 2.20 bits per heavy atom. The molecule has 4 rings (SSSR count). The van der Waals surface area contributed by atoms with Crippen molar-refractivity contribution in [3.63, 3.8) is 0 Å². The molecule has 1 aliphatic carbocycles. The van der Waals surface area contributed by atoms with E-state index in [0.29, 0.717) is 6.42 Å². The van der Waals surface area contributed by atoms with E-state index in [-0.39, 0.29) is 17.3 Å². The highest BCUT2D eigenvalue weighted by molar-refractivity contribution is 5.65. The zero-order valence-electron chi connectivity index (χ0n) is 17.4. The summed E-state index contributed by atoms with van der Waals surface area (Å²) in [6, 6.07) is 15.7. The Balaban J connectivity index is 1.54. The number of rotatable bonds is 6. The summed E-state index contributed by atoms with van der Waals surface area (Å²) in [4.78, 5) is 0. The summed E-state index contributed by atoms with van der Waals surface area (Å²) in [6.07, 6.45) is 6.00. The average Bonchev–Trinajstić information content (AvgIpc) is 2.74. The van der Waals surface area contributed by atoms with Gasteiger partial charge in [0.2, 0.25) is 0 Å². The summed E-state index contributed by atoms with van der Waals surface area (Å²) in [7, 11) is 0. The molecule has 0 nitrogen and oxygen atoms in total. The van der Waals surface area contributed by atoms with Gasteiger partial charge in [-0.2, -0.15) is 0 Å². The first-order valence-electron chi connectivity index (χ1n) is 10.9. The molecule has 30 heavy (non-hydrogen) atoms. The molecule has 0 heterocycles. The van der Waals surface area contributed by atoms with Crippen LogP contribution in [0.5, 0.6) is 0 Å². The molecule has 0 radical (unpaired) electrons. The maximum absolute atomic E-state index is 14.8. The van der Waals surface area contributed by atoms with Crippen molar-refractivity contribution in [2.24, 2.45) is 0 Å². The van der Waals surface area contributed by atoms with Crippen LogP contribution in [0.1, 0.15) is 60.8 Å². The second kappa shape index (κ2) is 9.07. The van der Waals surface area contributed by atoms with Crippen LogP contribution in [0.4, 0.5) is 13.2 Å². The van der Waals surface area contributed by atoms with Gasteiger partial charge in [-0.25, -0.2) is 13.2 Å². The molecule has 1 atom stereocenters. The van der Waals surface area contributed by atoms with Crippen LogP contribution in [0.3, 0.4) is 0 Å². The first-order chi connectivity index (χ1) is 14.5. The molecule has 1 aliphatic rings. The second-order valence-electron chi connectivity index (χ2n) is 8.36. The molecule has 156 valence electrons. The molecule has 3 aromatic rings. The first kappa shape index (κ1) is 20.7. The van der Waals surface area contributed by atoms with Crippen molar-refractivity contribution in [1.29, 1.82) is 0 Å². The number of benzene rings is 3. The lowest BCUT2D eigenvalue weighted by molar-refractivity contribution is 0.489. The van der Waals surface area contributed by atoms with Crippen LogP contribution in [0.25, 0.3) is 11.1 Å². The summed E-state index contributed by atoms with van der Waals surface area (Å²) in [5.41, 5.74) is 5.36. The third-order valence-corrected chi connectivity index (χ3v) is 6.23. The van der Waals surface area contributed by atoms with Gasteiger partial charge in [0.15, 0.2) is 0 Å². The number of hydrogen-bond donors (Lipinski definition) is 0. The molecular formula is C27H27F3. The summed E-state index contributed by atoms with van der Waals surface area (Å²) in [5.74, 6) is -1.20. The number of hydrogen-bond acceptors (Lipinski definition) is 0. The van der Waals surface area contributed by atoms with Crippen molar-refractivity contribution in [3.8, 4) is 11.1 Å². The lowest BCUT2D eigenvalue weighted by Gasteiger charge is -2.26. The van der Waals surface area contributed by atoms with E-state index in [1.54, 1.807) is 12.1 Å². The molecule has 0 fully saturated rings. The lowest BCUT2D eigenvalue weighted by atomic mass is 9.78. The van der Waals surface area contributed by atoms with Crippen molar-refractivity contribution in [3.05, 3.63) is 94.3 Å². The Hall–Kier alpha value is -2.55. The number of aryl methyl sites for hydroxylation is 2. The molecule has 0 saturated heterocycles. The van der Waals surface area contributed by atoms with Crippen LogP contribution in [0, 0.1) is 17.5 Å². The van der Waals surface area contributed by atoms with E-state index in [1.165, 1.54) is 29.8 Å². The van der Waals surface area contributed by atoms with Crippen LogP contribution < -0.4 is 0 Å². The smallest absolute Gasteiger partial charge is 0.129 e. The van der Waals surface area contributed by atoms with Crippen molar-refractivity contribution >= 4 is 0 Å². The van der Waals surface area contributed by atoms with E-state index >= 15 is 0 Å². The highest BCUT2D eigenvalue weighted by Gasteiger charge is 2.26. The largest absolute Gasteiger partial charge is 0.207 e. The van der Waals surface area contributed by atoms with Gasteiger partial charge in [0.1, 0.15) is 17.5 Å². The summed E-state index contributed by atoms with van der Waals surface area (Å²) in [6.45, 7) is 2.12. The third kappa shape index (κ3) is 4.45. The van der Waals surface area contributed by atoms with Crippen LogP contribution in [-0.2, 0) is 19.3 Å². The van der Waals surface area contributed by atoms with Gasteiger partial charge in [-0.05, 0) is 90.1 Å². The van der Waals surface area contributed by atoms with E-state index in [9.17, 15) is 13.2 Å². The monoisotopic (exact) mass is 408 g/mol. The van der Waals surface area contributed by atoms with Crippen LogP contribution in [-0.4, -0.2) is 0 Å². The van der Waals surface area contributed by atoms with Gasteiger partial charge in [0.25, 0.3) is 0 Å². The predicted molar refractivity (Wildman–Crippen MR) is 116 cm³/mol. The van der Waals surface area contributed by atoms with Crippen LogP contribution in [0.15, 0.2) is 54.6 Å². The van der Waals surface area contributed by atoms with Gasteiger partial charge in [-0.15, -0.1) is 0 Å². The van der Waals surface area contributed by atoms with Crippen molar-refractivity contribution in [2.45, 2.75) is 57.8 Å². The van der Waals surface area contributed by atoms with Gasteiger partial charge in [-0.1, -0.05) is 50.1 Å². The maximum Gasteiger partial charge on any atom is 0.129 e. The Labute approximate surface area is 176 Å². The SMILES string of the molecule is CCCCCc1cc(F)c(C2CCc3cc(-c4ccc(F)cc4)ccc3C2)c(F)c1. The number of halogens is 3. The third-order valence-electron chi connectivity index (χ3n) is 6.23.